The maximum Gasteiger partial charge on any atom is 0.322 e. The third-order valence-corrected chi connectivity index (χ3v) is 6.17. The first-order valence-corrected chi connectivity index (χ1v) is 12.2. The summed E-state index contributed by atoms with van der Waals surface area (Å²) in [5, 5.41) is 3.02. The first kappa shape index (κ1) is 25.6. The molecule has 0 aliphatic rings. The first-order valence-electron chi connectivity index (χ1n) is 12.2. The van der Waals surface area contributed by atoms with E-state index in [0.29, 0.717) is 30.3 Å². The monoisotopic (exact) mass is 496 g/mol. The van der Waals surface area contributed by atoms with Gasteiger partial charge in [-0.25, -0.2) is 4.79 Å². The van der Waals surface area contributed by atoms with Crippen LogP contribution in [-0.4, -0.2) is 25.2 Å². The number of benzene rings is 4. The molecule has 0 radical (unpaired) electrons. The van der Waals surface area contributed by atoms with E-state index < -0.39 is 0 Å². The standard InChI is InChI=1S/C31H32N2O4/c1-23(26-12-8-5-9-13-26)33(31(34)32-27-15-17-28(35-2)18-16-27)21-25-14-19-29(30(20-25)36-3)37-22-24-10-6-4-7-11-24/h4-20,23H,21-22H2,1-3H3,(H,32,34). The molecule has 4 aromatic rings. The van der Waals surface area contributed by atoms with E-state index in [1.54, 1.807) is 19.1 Å². The zero-order valence-corrected chi connectivity index (χ0v) is 21.4. The fourth-order valence-electron chi connectivity index (χ4n) is 4.03. The average molecular weight is 497 g/mol. The molecular weight excluding hydrogens is 464 g/mol. The number of hydrogen-bond acceptors (Lipinski definition) is 4. The number of hydrogen-bond donors (Lipinski definition) is 1. The summed E-state index contributed by atoms with van der Waals surface area (Å²) in [5.41, 5.74) is 3.74. The highest BCUT2D eigenvalue weighted by molar-refractivity contribution is 5.89. The summed E-state index contributed by atoms with van der Waals surface area (Å²) in [6.07, 6.45) is 0. The molecule has 1 atom stereocenters. The maximum absolute atomic E-state index is 13.5. The molecule has 6 heteroatoms. The minimum Gasteiger partial charge on any atom is -0.497 e. The van der Waals surface area contributed by atoms with Crippen LogP contribution in [0.3, 0.4) is 0 Å². The topological polar surface area (TPSA) is 60.0 Å². The third kappa shape index (κ3) is 6.82. The minimum absolute atomic E-state index is 0.167. The van der Waals surface area contributed by atoms with Crippen LogP contribution in [0.2, 0.25) is 0 Å². The van der Waals surface area contributed by atoms with E-state index in [4.69, 9.17) is 14.2 Å². The van der Waals surface area contributed by atoms with Crippen molar-refractivity contribution in [1.82, 2.24) is 4.90 Å². The van der Waals surface area contributed by atoms with Crippen LogP contribution in [0.25, 0.3) is 0 Å². The van der Waals surface area contributed by atoms with Gasteiger partial charge in [0, 0.05) is 12.2 Å². The molecule has 0 saturated heterocycles. The van der Waals surface area contributed by atoms with E-state index in [1.165, 1.54) is 0 Å². The predicted molar refractivity (Wildman–Crippen MR) is 146 cm³/mol. The summed E-state index contributed by atoms with van der Waals surface area (Å²) in [6, 6.07) is 32.7. The van der Waals surface area contributed by atoms with Crippen LogP contribution in [0, 0.1) is 0 Å². The summed E-state index contributed by atoms with van der Waals surface area (Å²) < 4.78 is 16.9. The van der Waals surface area contributed by atoms with Gasteiger partial charge in [0.2, 0.25) is 0 Å². The quantitative estimate of drug-likeness (QED) is 0.255. The number of methoxy groups -OCH3 is 2. The number of ether oxygens (including phenoxy) is 3. The van der Waals surface area contributed by atoms with Crippen molar-refractivity contribution in [1.29, 1.82) is 0 Å². The molecule has 4 aromatic carbocycles. The lowest BCUT2D eigenvalue weighted by atomic mass is 10.1. The summed E-state index contributed by atoms with van der Waals surface area (Å²) in [5.74, 6) is 2.01. The molecular formula is C31H32N2O4. The van der Waals surface area contributed by atoms with Crippen molar-refractivity contribution in [2.45, 2.75) is 26.1 Å². The van der Waals surface area contributed by atoms with E-state index in [-0.39, 0.29) is 12.1 Å². The van der Waals surface area contributed by atoms with Gasteiger partial charge in [-0.05, 0) is 60.0 Å². The van der Waals surface area contributed by atoms with Crippen LogP contribution < -0.4 is 19.5 Å². The smallest absolute Gasteiger partial charge is 0.322 e. The highest BCUT2D eigenvalue weighted by Crippen LogP contribution is 2.31. The number of amides is 2. The van der Waals surface area contributed by atoms with Gasteiger partial charge in [-0.1, -0.05) is 66.7 Å². The Bertz CT molecular complexity index is 1280. The first-order chi connectivity index (χ1) is 18.1. The Balaban J connectivity index is 1.54. The van der Waals surface area contributed by atoms with Gasteiger partial charge in [-0.2, -0.15) is 0 Å². The lowest BCUT2D eigenvalue weighted by Gasteiger charge is -2.30. The Hall–Kier alpha value is -4.45. The normalized spacial score (nSPS) is 11.3. The van der Waals surface area contributed by atoms with Crippen molar-refractivity contribution >= 4 is 11.7 Å². The lowest BCUT2D eigenvalue weighted by Crippen LogP contribution is -2.36. The van der Waals surface area contributed by atoms with Crippen molar-refractivity contribution in [3.05, 3.63) is 120 Å². The van der Waals surface area contributed by atoms with Crippen LogP contribution in [-0.2, 0) is 13.2 Å². The molecule has 0 aromatic heterocycles. The Morgan fingerprint density at radius 2 is 1.46 bits per heavy atom. The Morgan fingerprint density at radius 3 is 2.11 bits per heavy atom. The number of carbonyl (C=O) groups is 1. The fourth-order valence-corrected chi connectivity index (χ4v) is 4.03. The second-order valence-corrected chi connectivity index (χ2v) is 8.63. The summed E-state index contributed by atoms with van der Waals surface area (Å²) in [6.45, 7) is 2.85. The zero-order chi connectivity index (χ0) is 26.0. The molecule has 1 N–H and O–H groups in total. The van der Waals surface area contributed by atoms with Crippen molar-refractivity contribution in [3.63, 3.8) is 0 Å². The van der Waals surface area contributed by atoms with E-state index >= 15 is 0 Å². The van der Waals surface area contributed by atoms with Crippen molar-refractivity contribution in [2.75, 3.05) is 19.5 Å². The minimum atomic E-state index is -0.204. The maximum atomic E-state index is 13.5. The van der Waals surface area contributed by atoms with Gasteiger partial charge < -0.3 is 24.4 Å². The van der Waals surface area contributed by atoms with Crippen LogP contribution in [0.5, 0.6) is 17.2 Å². The molecule has 2 amide bonds. The van der Waals surface area contributed by atoms with Crippen molar-refractivity contribution in [3.8, 4) is 17.2 Å². The van der Waals surface area contributed by atoms with E-state index in [9.17, 15) is 4.79 Å². The molecule has 6 nitrogen and oxygen atoms in total. The van der Waals surface area contributed by atoms with Crippen LogP contribution in [0.15, 0.2) is 103 Å². The molecule has 0 aliphatic heterocycles. The summed E-state index contributed by atoms with van der Waals surface area (Å²) >= 11 is 0. The number of rotatable bonds is 10. The van der Waals surface area contributed by atoms with E-state index in [1.807, 2.05) is 110 Å². The zero-order valence-electron chi connectivity index (χ0n) is 21.4. The van der Waals surface area contributed by atoms with Gasteiger partial charge in [-0.3, -0.25) is 0 Å². The number of urea groups is 1. The van der Waals surface area contributed by atoms with Gasteiger partial charge in [0.05, 0.1) is 20.3 Å². The van der Waals surface area contributed by atoms with Crippen molar-refractivity contribution in [2.24, 2.45) is 0 Å². The van der Waals surface area contributed by atoms with Crippen molar-refractivity contribution < 1.29 is 19.0 Å². The second-order valence-electron chi connectivity index (χ2n) is 8.63. The Kier molecular flexibility index (Phi) is 8.66. The summed E-state index contributed by atoms with van der Waals surface area (Å²) in [7, 11) is 3.23. The van der Waals surface area contributed by atoms with Crippen LogP contribution >= 0.6 is 0 Å². The van der Waals surface area contributed by atoms with Gasteiger partial charge in [0.15, 0.2) is 11.5 Å². The summed E-state index contributed by atoms with van der Waals surface area (Å²) in [4.78, 5) is 15.3. The molecule has 37 heavy (non-hydrogen) atoms. The van der Waals surface area contributed by atoms with Crippen LogP contribution in [0.4, 0.5) is 10.5 Å². The lowest BCUT2D eigenvalue weighted by molar-refractivity contribution is 0.189. The average Bonchev–Trinajstić information content (AvgIpc) is 2.96. The van der Waals surface area contributed by atoms with E-state index in [2.05, 4.69) is 5.32 Å². The number of nitrogens with zero attached hydrogens (tertiary/aromatic N) is 1. The highest BCUT2D eigenvalue weighted by Gasteiger charge is 2.23. The largest absolute Gasteiger partial charge is 0.497 e. The molecule has 190 valence electrons. The van der Waals surface area contributed by atoms with Crippen LogP contribution in [0.1, 0.15) is 29.7 Å². The van der Waals surface area contributed by atoms with Gasteiger partial charge >= 0.3 is 6.03 Å². The molecule has 0 bridgehead atoms. The molecule has 0 heterocycles. The van der Waals surface area contributed by atoms with E-state index in [0.717, 1.165) is 22.4 Å². The molecule has 0 aliphatic carbocycles. The fraction of sp³-hybridized carbons (Fsp3) is 0.194. The molecule has 0 spiro atoms. The predicted octanol–water partition coefficient (Wildman–Crippen LogP) is 7.08. The Labute approximate surface area is 218 Å². The van der Waals surface area contributed by atoms with Gasteiger partial charge in [0.1, 0.15) is 12.4 Å². The number of anilines is 1. The number of nitrogens with one attached hydrogen (secondary N) is 1. The van der Waals surface area contributed by atoms with Gasteiger partial charge in [-0.15, -0.1) is 0 Å². The third-order valence-electron chi connectivity index (χ3n) is 6.17. The molecule has 0 saturated carbocycles. The van der Waals surface area contributed by atoms with Gasteiger partial charge in [0.25, 0.3) is 0 Å². The molecule has 4 rings (SSSR count). The second kappa shape index (κ2) is 12.5. The molecule has 0 fully saturated rings. The number of carbonyl (C=O) groups excluding carboxylic acids is 1. The molecule has 1 unspecified atom stereocenters. The SMILES string of the molecule is COc1ccc(NC(=O)N(Cc2ccc(OCc3ccccc3)c(OC)c2)C(C)c2ccccc2)cc1. The Morgan fingerprint density at radius 1 is 0.784 bits per heavy atom. The highest BCUT2D eigenvalue weighted by atomic mass is 16.5.